The average Bonchev–Trinajstić information content (AvgIpc) is 2.47. The molecule has 0 saturated heterocycles. The Labute approximate surface area is 78.7 Å². The maximum atomic E-state index is 8.42. The van der Waals surface area contributed by atoms with Gasteiger partial charge < -0.3 is 0 Å². The second-order valence-electron chi connectivity index (χ2n) is 2.19. The fourth-order valence-corrected chi connectivity index (χ4v) is 0.748. The van der Waals surface area contributed by atoms with Gasteiger partial charge in [-0.15, -0.1) is 0 Å². The van der Waals surface area contributed by atoms with Gasteiger partial charge >= 0.3 is 78.4 Å². The van der Waals surface area contributed by atoms with Gasteiger partial charge in [-0.25, -0.2) is 0 Å². The third-order valence-corrected chi connectivity index (χ3v) is 1.26. The minimum absolute atomic E-state index is 0.0569. The number of rotatable bonds is 1. The SMILES string of the molecule is [Li][c]1nc(C=C(C#N)C#N)c[nH]1. The van der Waals surface area contributed by atoms with Crippen LogP contribution in [0.3, 0.4) is 0 Å². The van der Waals surface area contributed by atoms with E-state index >= 15 is 0 Å². The van der Waals surface area contributed by atoms with Crippen molar-refractivity contribution >= 4 is 28.3 Å². The van der Waals surface area contributed by atoms with Crippen molar-refractivity contribution in [1.29, 1.82) is 10.5 Å². The van der Waals surface area contributed by atoms with Crippen molar-refractivity contribution in [3.63, 3.8) is 0 Å². The van der Waals surface area contributed by atoms with E-state index in [1.807, 2.05) is 0 Å². The van der Waals surface area contributed by atoms with Crippen molar-refractivity contribution in [3.05, 3.63) is 17.5 Å². The van der Waals surface area contributed by atoms with Crippen LogP contribution < -0.4 is 4.50 Å². The number of hydrogen-bond acceptors (Lipinski definition) is 3. The molecule has 5 heteroatoms. The molecule has 0 aliphatic heterocycles. The molecule has 0 radical (unpaired) electrons. The van der Waals surface area contributed by atoms with Crippen molar-refractivity contribution in [2.24, 2.45) is 0 Å². The van der Waals surface area contributed by atoms with Crippen molar-refractivity contribution in [2.45, 2.75) is 0 Å². The maximum absolute atomic E-state index is 8.42. The number of aromatic amines is 1. The Morgan fingerprint density at radius 3 is 2.67 bits per heavy atom. The van der Waals surface area contributed by atoms with Gasteiger partial charge in [-0.2, -0.15) is 0 Å². The van der Waals surface area contributed by atoms with E-state index in [-0.39, 0.29) is 5.57 Å². The van der Waals surface area contributed by atoms with E-state index in [1.54, 1.807) is 36.1 Å². The zero-order chi connectivity index (χ0) is 8.97. The molecule has 0 aliphatic carbocycles. The van der Waals surface area contributed by atoms with E-state index < -0.39 is 0 Å². The topological polar surface area (TPSA) is 76.3 Å². The number of H-pyrrole nitrogens is 1. The van der Waals surface area contributed by atoms with Crippen molar-refractivity contribution in [1.82, 2.24) is 9.97 Å². The summed E-state index contributed by atoms with van der Waals surface area (Å²) in [5, 5.41) is 16.8. The molecule has 1 aromatic rings. The van der Waals surface area contributed by atoms with Crippen LogP contribution in [0.2, 0.25) is 0 Å². The van der Waals surface area contributed by atoms with Crippen LogP contribution >= 0.6 is 0 Å². The number of imidazole rings is 1. The zero-order valence-corrected chi connectivity index (χ0v) is 6.50. The molecular formula is C7H3LiN4. The first-order valence-corrected chi connectivity index (χ1v) is 3.30. The van der Waals surface area contributed by atoms with Crippen LogP contribution in [0, 0.1) is 22.7 Å². The number of nitrogens with one attached hydrogen (secondary N) is 1. The van der Waals surface area contributed by atoms with E-state index in [0.717, 1.165) is 4.50 Å². The molecule has 0 aliphatic rings. The average molecular weight is 150 g/mol. The summed E-state index contributed by atoms with van der Waals surface area (Å²) in [6.07, 6.45) is 3.08. The Morgan fingerprint density at radius 2 is 2.25 bits per heavy atom. The van der Waals surface area contributed by atoms with Gasteiger partial charge in [0.05, 0.1) is 0 Å². The van der Waals surface area contributed by atoms with Gasteiger partial charge in [0.25, 0.3) is 0 Å². The van der Waals surface area contributed by atoms with Crippen LogP contribution in [0.4, 0.5) is 0 Å². The summed E-state index contributed by atoms with van der Waals surface area (Å²) in [5.74, 6) is 0. The summed E-state index contributed by atoms with van der Waals surface area (Å²) in [6.45, 7) is 0. The third kappa shape index (κ3) is 2.00. The minimum atomic E-state index is 0.0569. The Hall–Kier alpha value is -1.47. The zero-order valence-electron chi connectivity index (χ0n) is 6.50. The molecule has 1 heterocycles. The summed E-state index contributed by atoms with van der Waals surface area (Å²) in [7, 11) is 0. The molecule has 0 atom stereocenters. The molecule has 52 valence electrons. The molecule has 0 bridgehead atoms. The first-order valence-electron chi connectivity index (χ1n) is 3.30. The third-order valence-electron chi connectivity index (χ3n) is 1.26. The Balaban J connectivity index is 2.97. The molecule has 0 aromatic carbocycles. The van der Waals surface area contributed by atoms with Gasteiger partial charge in [-0.05, 0) is 0 Å². The van der Waals surface area contributed by atoms with E-state index in [9.17, 15) is 0 Å². The van der Waals surface area contributed by atoms with Crippen molar-refractivity contribution in [2.75, 3.05) is 0 Å². The molecule has 1 aromatic heterocycles. The molecule has 1 N–H and O–H groups in total. The van der Waals surface area contributed by atoms with Crippen LogP contribution in [-0.2, 0) is 0 Å². The monoisotopic (exact) mass is 150 g/mol. The predicted molar refractivity (Wildman–Crippen MR) is 43.2 cm³/mol. The summed E-state index contributed by atoms with van der Waals surface area (Å²) >= 11 is 1.80. The van der Waals surface area contributed by atoms with Crippen molar-refractivity contribution < 1.29 is 0 Å². The Morgan fingerprint density at radius 1 is 1.58 bits per heavy atom. The molecule has 1 rings (SSSR count). The van der Waals surface area contributed by atoms with Gasteiger partial charge in [0, 0.05) is 0 Å². The normalized spacial score (nSPS) is 8.33. The van der Waals surface area contributed by atoms with Crippen LogP contribution in [0.25, 0.3) is 6.08 Å². The van der Waals surface area contributed by atoms with Crippen LogP contribution in [0.15, 0.2) is 11.8 Å². The molecular weight excluding hydrogens is 147 g/mol. The van der Waals surface area contributed by atoms with Gasteiger partial charge in [0.15, 0.2) is 0 Å². The van der Waals surface area contributed by atoms with Crippen LogP contribution in [0.5, 0.6) is 0 Å². The second-order valence-corrected chi connectivity index (χ2v) is 2.19. The molecule has 4 nitrogen and oxygen atoms in total. The fourth-order valence-electron chi connectivity index (χ4n) is 0.748. The van der Waals surface area contributed by atoms with Crippen LogP contribution in [-0.4, -0.2) is 27.7 Å². The summed E-state index contributed by atoms with van der Waals surface area (Å²) in [4.78, 5) is 6.86. The molecule has 0 spiro atoms. The summed E-state index contributed by atoms with van der Waals surface area (Å²) < 4.78 is 0.761. The Bertz CT molecular complexity index is 374. The first-order chi connectivity index (χ1) is 5.76. The quantitative estimate of drug-likeness (QED) is 0.438. The number of nitriles is 2. The van der Waals surface area contributed by atoms with Gasteiger partial charge in [0.2, 0.25) is 0 Å². The number of nitrogens with zero attached hydrogens (tertiary/aromatic N) is 3. The molecule has 0 saturated carbocycles. The molecule has 0 fully saturated rings. The van der Waals surface area contributed by atoms with E-state index in [2.05, 4.69) is 9.97 Å². The van der Waals surface area contributed by atoms with Gasteiger partial charge in [0.1, 0.15) is 0 Å². The number of hydrogen-bond donors (Lipinski definition) is 1. The summed E-state index contributed by atoms with van der Waals surface area (Å²) in [5.41, 5.74) is 0.659. The molecule has 0 unspecified atom stereocenters. The standard InChI is InChI=1S/C7H3N4.Li/c8-2-6(3-9)1-7-4-10-5-11-7;/h1,4H,(H,10,11);. The Kier molecular flexibility index (Phi) is 2.72. The van der Waals surface area contributed by atoms with E-state index in [1.165, 1.54) is 6.08 Å². The van der Waals surface area contributed by atoms with Gasteiger partial charge in [-0.3, -0.25) is 0 Å². The second kappa shape index (κ2) is 3.79. The number of aromatic nitrogens is 2. The number of allylic oxidation sites excluding steroid dienone is 1. The first kappa shape index (κ1) is 8.62. The fraction of sp³-hybridized carbons (Fsp3) is 0. The van der Waals surface area contributed by atoms with E-state index in [4.69, 9.17) is 10.5 Å². The molecule has 12 heavy (non-hydrogen) atoms. The predicted octanol–water partition coefficient (Wildman–Crippen LogP) is -0.366. The van der Waals surface area contributed by atoms with Gasteiger partial charge in [-0.1, -0.05) is 0 Å². The summed E-state index contributed by atoms with van der Waals surface area (Å²) in [6, 6.07) is 3.51. The van der Waals surface area contributed by atoms with E-state index in [0.29, 0.717) is 5.69 Å². The van der Waals surface area contributed by atoms with Crippen molar-refractivity contribution in [3.8, 4) is 12.1 Å². The molecule has 0 amide bonds. The van der Waals surface area contributed by atoms with Crippen LogP contribution in [0.1, 0.15) is 5.69 Å².